The van der Waals surface area contributed by atoms with Crippen LogP contribution in [0.5, 0.6) is 5.75 Å². The Hall–Kier alpha value is -1.64. The number of benzene rings is 1. The average Bonchev–Trinajstić information content (AvgIpc) is 3.10. The van der Waals surface area contributed by atoms with E-state index in [1.165, 1.54) is 12.1 Å². The van der Waals surface area contributed by atoms with Crippen molar-refractivity contribution in [2.75, 3.05) is 26.3 Å². The van der Waals surface area contributed by atoms with Gasteiger partial charge in [0.1, 0.15) is 5.75 Å². The van der Waals surface area contributed by atoms with Crippen LogP contribution in [0.15, 0.2) is 23.1 Å². The van der Waals surface area contributed by atoms with E-state index in [-0.39, 0.29) is 23.5 Å². The molecule has 1 heterocycles. The van der Waals surface area contributed by atoms with Crippen molar-refractivity contribution in [1.29, 1.82) is 0 Å². The number of aryl methyl sites for hydroxylation is 1. The fourth-order valence-corrected chi connectivity index (χ4v) is 3.72. The standard InChI is InChI=1S/C17H26N2O5S/c1-3-8-19-25(21,22)15-6-7-16(13(2)10-15)24-12-17(20)18-11-14-5-4-9-23-14/h6-7,10,14,19H,3-5,8-9,11-12H2,1-2H3,(H,18,20)/t14-/m0/s1. The molecular weight excluding hydrogens is 344 g/mol. The highest BCUT2D eigenvalue weighted by Crippen LogP contribution is 2.21. The molecule has 140 valence electrons. The maximum Gasteiger partial charge on any atom is 0.258 e. The summed E-state index contributed by atoms with van der Waals surface area (Å²) in [5.74, 6) is 0.262. The van der Waals surface area contributed by atoms with E-state index in [0.29, 0.717) is 24.4 Å². The Morgan fingerprint density at radius 3 is 2.84 bits per heavy atom. The molecule has 1 atom stereocenters. The fraction of sp³-hybridized carbons (Fsp3) is 0.588. The van der Waals surface area contributed by atoms with E-state index in [1.807, 2.05) is 6.92 Å². The molecule has 0 aromatic heterocycles. The molecule has 7 nitrogen and oxygen atoms in total. The normalized spacial score (nSPS) is 17.4. The van der Waals surface area contributed by atoms with Gasteiger partial charge in [0, 0.05) is 19.7 Å². The van der Waals surface area contributed by atoms with Crippen molar-refractivity contribution >= 4 is 15.9 Å². The molecule has 1 saturated heterocycles. The highest BCUT2D eigenvalue weighted by Gasteiger charge is 2.17. The molecule has 2 N–H and O–H groups in total. The van der Waals surface area contributed by atoms with Gasteiger partial charge in [-0.05, 0) is 49.9 Å². The third-order valence-electron chi connectivity index (χ3n) is 3.91. The lowest BCUT2D eigenvalue weighted by atomic mass is 10.2. The van der Waals surface area contributed by atoms with E-state index in [0.717, 1.165) is 25.9 Å². The van der Waals surface area contributed by atoms with Crippen LogP contribution in [-0.4, -0.2) is 46.7 Å². The number of sulfonamides is 1. The van der Waals surface area contributed by atoms with Gasteiger partial charge in [0.2, 0.25) is 10.0 Å². The van der Waals surface area contributed by atoms with Crippen molar-refractivity contribution in [3.8, 4) is 5.75 Å². The summed E-state index contributed by atoms with van der Waals surface area (Å²) in [6, 6.07) is 4.59. The number of carbonyl (C=O) groups is 1. The van der Waals surface area contributed by atoms with Crippen molar-refractivity contribution in [3.05, 3.63) is 23.8 Å². The van der Waals surface area contributed by atoms with E-state index in [4.69, 9.17) is 9.47 Å². The summed E-state index contributed by atoms with van der Waals surface area (Å²) in [5, 5.41) is 2.78. The van der Waals surface area contributed by atoms with Crippen LogP contribution in [0.1, 0.15) is 31.7 Å². The Morgan fingerprint density at radius 2 is 2.20 bits per heavy atom. The minimum atomic E-state index is -3.51. The quantitative estimate of drug-likeness (QED) is 0.684. The molecule has 1 aliphatic heterocycles. The Kier molecular flexibility index (Phi) is 7.22. The number of hydrogen-bond donors (Lipinski definition) is 2. The zero-order chi connectivity index (χ0) is 18.3. The smallest absolute Gasteiger partial charge is 0.258 e. The minimum absolute atomic E-state index is 0.0887. The maximum absolute atomic E-state index is 12.1. The summed E-state index contributed by atoms with van der Waals surface area (Å²) in [5.41, 5.74) is 0.659. The van der Waals surface area contributed by atoms with E-state index < -0.39 is 10.0 Å². The Labute approximate surface area is 149 Å². The van der Waals surface area contributed by atoms with E-state index in [1.54, 1.807) is 13.0 Å². The van der Waals surface area contributed by atoms with Gasteiger partial charge in [0.15, 0.2) is 6.61 Å². The van der Waals surface area contributed by atoms with Crippen LogP contribution in [0.2, 0.25) is 0 Å². The molecule has 0 unspecified atom stereocenters. The molecule has 8 heteroatoms. The van der Waals surface area contributed by atoms with Crippen LogP contribution < -0.4 is 14.8 Å². The van der Waals surface area contributed by atoms with Crippen molar-refractivity contribution in [2.45, 2.75) is 44.1 Å². The number of rotatable bonds is 9. The van der Waals surface area contributed by atoms with Gasteiger partial charge in [0.05, 0.1) is 11.0 Å². The molecule has 1 amide bonds. The highest BCUT2D eigenvalue weighted by atomic mass is 32.2. The Balaban J connectivity index is 1.86. The van der Waals surface area contributed by atoms with Gasteiger partial charge in [-0.2, -0.15) is 0 Å². The van der Waals surface area contributed by atoms with Gasteiger partial charge in [-0.1, -0.05) is 6.92 Å². The largest absolute Gasteiger partial charge is 0.484 e. The lowest BCUT2D eigenvalue weighted by Gasteiger charge is -2.13. The van der Waals surface area contributed by atoms with Crippen LogP contribution in [0, 0.1) is 6.92 Å². The summed E-state index contributed by atoms with van der Waals surface area (Å²) in [4.78, 5) is 12.0. The minimum Gasteiger partial charge on any atom is -0.484 e. The van der Waals surface area contributed by atoms with Crippen molar-refractivity contribution in [2.24, 2.45) is 0 Å². The molecule has 1 aliphatic rings. The number of ether oxygens (including phenoxy) is 2. The van der Waals surface area contributed by atoms with Crippen molar-refractivity contribution in [3.63, 3.8) is 0 Å². The van der Waals surface area contributed by atoms with Crippen molar-refractivity contribution < 1.29 is 22.7 Å². The summed E-state index contributed by atoms with van der Waals surface area (Å²) in [6.07, 6.45) is 2.80. The van der Waals surface area contributed by atoms with Crippen LogP contribution in [-0.2, 0) is 19.6 Å². The van der Waals surface area contributed by atoms with Gasteiger partial charge in [-0.3, -0.25) is 4.79 Å². The Bertz CT molecular complexity index is 684. The first kappa shape index (κ1) is 19.7. The first-order valence-electron chi connectivity index (χ1n) is 8.54. The van der Waals surface area contributed by atoms with Crippen LogP contribution in [0.4, 0.5) is 0 Å². The molecule has 25 heavy (non-hydrogen) atoms. The second kappa shape index (κ2) is 9.17. The van der Waals surface area contributed by atoms with E-state index in [2.05, 4.69) is 10.0 Å². The van der Waals surface area contributed by atoms with Gasteiger partial charge in [-0.25, -0.2) is 13.1 Å². The van der Waals surface area contributed by atoms with Gasteiger partial charge in [0.25, 0.3) is 5.91 Å². The maximum atomic E-state index is 12.1. The molecule has 0 bridgehead atoms. The van der Waals surface area contributed by atoms with Gasteiger partial charge < -0.3 is 14.8 Å². The molecule has 0 spiro atoms. The predicted octanol–water partition coefficient (Wildman–Crippen LogP) is 1.36. The number of hydrogen-bond acceptors (Lipinski definition) is 5. The number of amides is 1. The highest BCUT2D eigenvalue weighted by molar-refractivity contribution is 7.89. The molecule has 1 aromatic rings. The van der Waals surface area contributed by atoms with Crippen LogP contribution in [0.3, 0.4) is 0 Å². The number of nitrogens with one attached hydrogen (secondary N) is 2. The Morgan fingerprint density at radius 1 is 1.40 bits per heavy atom. The third kappa shape index (κ3) is 5.98. The van der Waals surface area contributed by atoms with Crippen LogP contribution >= 0.6 is 0 Å². The monoisotopic (exact) mass is 370 g/mol. The second-order valence-electron chi connectivity index (χ2n) is 6.05. The van der Waals surface area contributed by atoms with Gasteiger partial charge in [-0.15, -0.1) is 0 Å². The molecular formula is C17H26N2O5S. The zero-order valence-corrected chi connectivity index (χ0v) is 15.5. The SMILES string of the molecule is CCCNS(=O)(=O)c1ccc(OCC(=O)NC[C@@H]2CCCO2)c(C)c1. The topological polar surface area (TPSA) is 93.7 Å². The fourth-order valence-electron chi connectivity index (χ4n) is 2.50. The zero-order valence-electron chi connectivity index (χ0n) is 14.7. The molecule has 1 aromatic carbocycles. The summed E-state index contributed by atoms with van der Waals surface area (Å²) >= 11 is 0. The van der Waals surface area contributed by atoms with Crippen LogP contribution in [0.25, 0.3) is 0 Å². The lowest BCUT2D eigenvalue weighted by Crippen LogP contribution is -2.35. The second-order valence-corrected chi connectivity index (χ2v) is 7.82. The summed E-state index contributed by atoms with van der Waals surface area (Å²) < 4.78 is 37.7. The van der Waals surface area contributed by atoms with E-state index in [9.17, 15) is 13.2 Å². The molecule has 2 rings (SSSR count). The molecule has 1 fully saturated rings. The summed E-state index contributed by atoms with van der Waals surface area (Å²) in [6.45, 7) is 5.16. The first-order valence-corrected chi connectivity index (χ1v) is 10.0. The average molecular weight is 370 g/mol. The third-order valence-corrected chi connectivity index (χ3v) is 5.37. The van der Waals surface area contributed by atoms with Gasteiger partial charge >= 0.3 is 0 Å². The lowest BCUT2D eigenvalue weighted by molar-refractivity contribution is -0.123. The predicted molar refractivity (Wildman–Crippen MR) is 94.1 cm³/mol. The molecule has 0 radical (unpaired) electrons. The van der Waals surface area contributed by atoms with Crippen molar-refractivity contribution in [1.82, 2.24) is 10.0 Å². The molecule has 0 aliphatic carbocycles. The van der Waals surface area contributed by atoms with E-state index >= 15 is 0 Å². The number of carbonyl (C=O) groups excluding carboxylic acids is 1. The molecule has 0 saturated carbocycles. The summed E-state index contributed by atoms with van der Waals surface area (Å²) in [7, 11) is -3.51. The first-order chi connectivity index (χ1) is 11.9.